The Bertz CT molecular complexity index is 985. The topological polar surface area (TPSA) is 75.6 Å². The third-order valence-electron chi connectivity index (χ3n) is 6.83. The lowest BCUT2D eigenvalue weighted by molar-refractivity contribution is 0.0374. The van der Waals surface area contributed by atoms with Crippen LogP contribution in [0.3, 0.4) is 0 Å². The van der Waals surface area contributed by atoms with Crippen LogP contribution in [0.1, 0.15) is 64.3 Å². The van der Waals surface area contributed by atoms with E-state index < -0.39 is 0 Å². The summed E-state index contributed by atoms with van der Waals surface area (Å²) in [7, 11) is 1.62. The largest absolute Gasteiger partial charge is 0.497 e. The molecule has 4 rings (SSSR count). The van der Waals surface area contributed by atoms with Crippen LogP contribution in [-0.4, -0.2) is 64.4 Å². The van der Waals surface area contributed by atoms with Crippen molar-refractivity contribution in [2.45, 2.75) is 52.0 Å². The molecule has 2 amide bonds. The molecule has 0 saturated carbocycles. The van der Waals surface area contributed by atoms with E-state index in [1.807, 2.05) is 43.0 Å². The first-order valence-corrected chi connectivity index (χ1v) is 11.5. The van der Waals surface area contributed by atoms with Crippen molar-refractivity contribution in [1.29, 1.82) is 0 Å². The Morgan fingerprint density at radius 3 is 2.53 bits per heavy atom. The minimum atomic E-state index is 0.00825. The SMILES string of the molecule is COc1cccc(C(=O)N2CCCCC2C2CCN(C(=O)c3cnc(C)nc3C)CC2)c1. The minimum Gasteiger partial charge on any atom is -0.497 e. The summed E-state index contributed by atoms with van der Waals surface area (Å²) in [6, 6.07) is 7.64. The predicted molar refractivity (Wildman–Crippen MR) is 122 cm³/mol. The first-order chi connectivity index (χ1) is 15.5. The lowest BCUT2D eigenvalue weighted by Crippen LogP contribution is -2.51. The van der Waals surface area contributed by atoms with E-state index >= 15 is 0 Å². The molecule has 0 bridgehead atoms. The number of rotatable bonds is 4. The zero-order valence-corrected chi connectivity index (χ0v) is 19.2. The van der Waals surface area contributed by atoms with Crippen LogP contribution < -0.4 is 4.74 Å². The second-order valence-electron chi connectivity index (χ2n) is 8.84. The Hall–Kier alpha value is -2.96. The molecule has 1 aromatic heterocycles. The lowest BCUT2D eigenvalue weighted by atomic mass is 9.83. The molecule has 1 unspecified atom stereocenters. The summed E-state index contributed by atoms with van der Waals surface area (Å²) in [5.74, 6) is 1.88. The third-order valence-corrected chi connectivity index (χ3v) is 6.83. The Morgan fingerprint density at radius 1 is 1.03 bits per heavy atom. The van der Waals surface area contributed by atoms with Crippen molar-refractivity contribution in [1.82, 2.24) is 19.8 Å². The molecule has 0 aliphatic carbocycles. The second-order valence-corrected chi connectivity index (χ2v) is 8.84. The summed E-state index contributed by atoms with van der Waals surface area (Å²) in [6.45, 7) is 5.89. The first-order valence-electron chi connectivity index (χ1n) is 11.5. The second kappa shape index (κ2) is 9.67. The molecule has 2 aliphatic rings. The molecule has 1 aromatic carbocycles. The summed E-state index contributed by atoms with van der Waals surface area (Å²) in [4.78, 5) is 38.9. The van der Waals surface area contributed by atoms with Gasteiger partial charge in [0.25, 0.3) is 11.8 Å². The molecule has 7 nitrogen and oxygen atoms in total. The van der Waals surface area contributed by atoms with Gasteiger partial charge in [-0.05, 0) is 70.1 Å². The van der Waals surface area contributed by atoms with Crippen molar-refractivity contribution in [3.05, 3.63) is 53.1 Å². The van der Waals surface area contributed by atoms with Crippen LogP contribution in [0.4, 0.5) is 0 Å². The van der Waals surface area contributed by atoms with Crippen molar-refractivity contribution >= 4 is 11.8 Å². The van der Waals surface area contributed by atoms with E-state index in [0.29, 0.717) is 41.7 Å². The van der Waals surface area contributed by atoms with Crippen LogP contribution in [0, 0.1) is 19.8 Å². The van der Waals surface area contributed by atoms with E-state index in [1.165, 1.54) is 0 Å². The van der Waals surface area contributed by atoms with E-state index in [-0.39, 0.29) is 17.9 Å². The number of methoxy groups -OCH3 is 1. The molecule has 170 valence electrons. The quantitative estimate of drug-likeness (QED) is 0.731. The Labute approximate surface area is 189 Å². The first kappa shape index (κ1) is 22.2. The molecule has 0 N–H and O–H groups in total. The fourth-order valence-electron chi connectivity index (χ4n) is 5.07. The number of carbonyl (C=O) groups is 2. The molecular weight excluding hydrogens is 404 g/mol. The van der Waals surface area contributed by atoms with Gasteiger partial charge in [-0.3, -0.25) is 9.59 Å². The van der Waals surface area contributed by atoms with Crippen molar-refractivity contribution in [2.24, 2.45) is 5.92 Å². The van der Waals surface area contributed by atoms with Gasteiger partial charge < -0.3 is 14.5 Å². The fraction of sp³-hybridized carbons (Fsp3) is 0.520. The molecule has 7 heteroatoms. The maximum atomic E-state index is 13.3. The van der Waals surface area contributed by atoms with Crippen LogP contribution >= 0.6 is 0 Å². The number of amides is 2. The highest BCUT2D eigenvalue weighted by atomic mass is 16.5. The molecule has 0 radical (unpaired) electrons. The van der Waals surface area contributed by atoms with E-state index in [2.05, 4.69) is 14.9 Å². The normalized spacial score (nSPS) is 19.7. The number of hydrogen-bond donors (Lipinski definition) is 0. The number of hydrogen-bond acceptors (Lipinski definition) is 5. The predicted octanol–water partition coefficient (Wildman–Crippen LogP) is 3.65. The molecule has 2 saturated heterocycles. The lowest BCUT2D eigenvalue weighted by Gasteiger charge is -2.43. The van der Waals surface area contributed by atoms with Gasteiger partial charge >= 0.3 is 0 Å². The number of likely N-dealkylation sites (tertiary alicyclic amines) is 2. The number of piperidine rings is 2. The van der Waals surface area contributed by atoms with Gasteiger partial charge in [0.05, 0.1) is 18.4 Å². The number of benzene rings is 1. The third kappa shape index (κ3) is 4.61. The number of ether oxygens (including phenoxy) is 1. The van der Waals surface area contributed by atoms with Gasteiger partial charge in [0.15, 0.2) is 0 Å². The summed E-state index contributed by atoms with van der Waals surface area (Å²) < 4.78 is 5.30. The molecule has 2 fully saturated rings. The minimum absolute atomic E-state index is 0.00825. The van der Waals surface area contributed by atoms with E-state index in [4.69, 9.17) is 4.74 Å². The van der Waals surface area contributed by atoms with Crippen molar-refractivity contribution in [3.63, 3.8) is 0 Å². The van der Waals surface area contributed by atoms with Crippen LogP contribution in [0.15, 0.2) is 30.5 Å². The van der Waals surface area contributed by atoms with Crippen molar-refractivity contribution < 1.29 is 14.3 Å². The highest BCUT2D eigenvalue weighted by Crippen LogP contribution is 2.32. The molecule has 3 heterocycles. The Kier molecular flexibility index (Phi) is 6.72. The Balaban J connectivity index is 1.43. The van der Waals surface area contributed by atoms with Crippen molar-refractivity contribution in [2.75, 3.05) is 26.7 Å². The van der Waals surface area contributed by atoms with Crippen LogP contribution in [-0.2, 0) is 0 Å². The van der Waals surface area contributed by atoms with Gasteiger partial charge in [0, 0.05) is 37.4 Å². The standard InChI is InChI=1S/C25H32N4O3/c1-17-22(16-26-18(2)27-17)25(31)28-13-10-19(11-14-28)23-9-4-5-12-29(23)24(30)20-7-6-8-21(15-20)32-3/h6-8,15-16,19,23H,4-5,9-14H2,1-3H3. The van der Waals surface area contributed by atoms with Gasteiger partial charge in [-0.25, -0.2) is 9.97 Å². The van der Waals surface area contributed by atoms with Gasteiger partial charge in [-0.15, -0.1) is 0 Å². The molecule has 1 atom stereocenters. The van der Waals surface area contributed by atoms with Crippen LogP contribution in [0.5, 0.6) is 5.75 Å². The molecule has 32 heavy (non-hydrogen) atoms. The molecule has 0 spiro atoms. The zero-order valence-electron chi connectivity index (χ0n) is 19.2. The van der Waals surface area contributed by atoms with E-state index in [1.54, 1.807) is 13.3 Å². The fourth-order valence-corrected chi connectivity index (χ4v) is 5.07. The van der Waals surface area contributed by atoms with Gasteiger partial charge in [0.2, 0.25) is 0 Å². The van der Waals surface area contributed by atoms with E-state index in [9.17, 15) is 9.59 Å². The smallest absolute Gasteiger partial charge is 0.257 e. The van der Waals surface area contributed by atoms with Gasteiger partial charge in [-0.2, -0.15) is 0 Å². The van der Waals surface area contributed by atoms with E-state index in [0.717, 1.165) is 44.3 Å². The van der Waals surface area contributed by atoms with Crippen molar-refractivity contribution in [3.8, 4) is 5.75 Å². The monoisotopic (exact) mass is 436 g/mol. The Morgan fingerprint density at radius 2 is 1.81 bits per heavy atom. The summed E-state index contributed by atoms with van der Waals surface area (Å²) in [5, 5.41) is 0. The maximum Gasteiger partial charge on any atom is 0.257 e. The zero-order chi connectivity index (χ0) is 22.7. The van der Waals surface area contributed by atoms with Gasteiger partial charge in [0.1, 0.15) is 11.6 Å². The van der Waals surface area contributed by atoms with Gasteiger partial charge in [-0.1, -0.05) is 6.07 Å². The number of carbonyl (C=O) groups excluding carboxylic acids is 2. The number of aryl methyl sites for hydroxylation is 2. The summed E-state index contributed by atoms with van der Waals surface area (Å²) >= 11 is 0. The molecule has 2 aromatic rings. The summed E-state index contributed by atoms with van der Waals surface area (Å²) in [5.41, 5.74) is 1.99. The average Bonchev–Trinajstić information content (AvgIpc) is 2.83. The molecular formula is C25H32N4O3. The maximum absolute atomic E-state index is 13.3. The highest BCUT2D eigenvalue weighted by Gasteiger charge is 2.36. The highest BCUT2D eigenvalue weighted by molar-refractivity contribution is 5.95. The number of aromatic nitrogens is 2. The van der Waals surface area contributed by atoms with Crippen LogP contribution in [0.25, 0.3) is 0 Å². The molecule has 2 aliphatic heterocycles. The summed E-state index contributed by atoms with van der Waals surface area (Å²) in [6.07, 6.45) is 6.66. The number of nitrogens with zero attached hydrogens (tertiary/aromatic N) is 4. The van der Waals surface area contributed by atoms with Crippen LogP contribution in [0.2, 0.25) is 0 Å². The average molecular weight is 437 g/mol.